The van der Waals surface area contributed by atoms with Crippen LogP contribution >= 0.6 is 0 Å². The molecule has 0 aliphatic carbocycles. The molecule has 1 aromatic carbocycles. The standard InChI is InChI=1S/C22H29FN4O/c1-5-26-15(2)18(14-24-26)21(28)25-12-6-7-19-20(25)13-22(3,4)27(19)17-10-8-16(23)9-11-17/h8-11,14,19-20H,5-7,12-13H2,1-4H3/t19-,20-/m0/s1. The minimum Gasteiger partial charge on any atom is -0.361 e. The van der Waals surface area contributed by atoms with Crippen LogP contribution in [0, 0.1) is 12.7 Å². The van der Waals surface area contributed by atoms with E-state index in [-0.39, 0.29) is 29.3 Å². The largest absolute Gasteiger partial charge is 0.361 e. The lowest BCUT2D eigenvalue weighted by Gasteiger charge is -2.42. The zero-order valence-electron chi connectivity index (χ0n) is 17.2. The molecule has 6 heteroatoms. The molecule has 0 unspecified atom stereocenters. The van der Waals surface area contributed by atoms with Crippen LogP contribution in [0.3, 0.4) is 0 Å². The summed E-state index contributed by atoms with van der Waals surface area (Å²) < 4.78 is 15.3. The number of hydrogen-bond acceptors (Lipinski definition) is 3. The van der Waals surface area contributed by atoms with E-state index in [4.69, 9.17) is 0 Å². The van der Waals surface area contributed by atoms with Crippen molar-refractivity contribution in [2.24, 2.45) is 0 Å². The van der Waals surface area contributed by atoms with Gasteiger partial charge in [0.1, 0.15) is 5.82 Å². The fourth-order valence-corrected chi connectivity index (χ4v) is 5.17. The Kier molecular flexibility index (Phi) is 4.68. The van der Waals surface area contributed by atoms with Crippen LogP contribution < -0.4 is 4.90 Å². The van der Waals surface area contributed by atoms with Crippen LogP contribution in [-0.2, 0) is 6.54 Å². The van der Waals surface area contributed by atoms with E-state index >= 15 is 0 Å². The van der Waals surface area contributed by atoms with Crippen molar-refractivity contribution in [2.45, 2.75) is 71.1 Å². The van der Waals surface area contributed by atoms with Crippen LogP contribution in [0.25, 0.3) is 0 Å². The quantitative estimate of drug-likeness (QED) is 0.803. The summed E-state index contributed by atoms with van der Waals surface area (Å²) >= 11 is 0. The van der Waals surface area contributed by atoms with E-state index in [1.54, 1.807) is 6.20 Å². The summed E-state index contributed by atoms with van der Waals surface area (Å²) in [6.07, 6.45) is 4.63. The highest BCUT2D eigenvalue weighted by atomic mass is 19.1. The van der Waals surface area contributed by atoms with Gasteiger partial charge in [0, 0.05) is 30.0 Å². The van der Waals surface area contributed by atoms with Gasteiger partial charge in [0.2, 0.25) is 0 Å². The lowest BCUT2D eigenvalue weighted by Crippen LogP contribution is -2.53. The van der Waals surface area contributed by atoms with Crippen LogP contribution in [0.4, 0.5) is 10.1 Å². The van der Waals surface area contributed by atoms with Gasteiger partial charge in [0.25, 0.3) is 5.91 Å². The third-order valence-corrected chi connectivity index (χ3v) is 6.43. The molecule has 0 N–H and O–H groups in total. The molecule has 5 nitrogen and oxygen atoms in total. The monoisotopic (exact) mass is 384 g/mol. The molecule has 4 rings (SSSR count). The Morgan fingerprint density at radius 2 is 1.96 bits per heavy atom. The molecular formula is C22H29FN4O. The number of carbonyl (C=O) groups excluding carboxylic acids is 1. The van der Waals surface area contributed by atoms with Crippen LogP contribution in [0.15, 0.2) is 30.5 Å². The first-order valence-electron chi connectivity index (χ1n) is 10.2. The number of halogens is 1. The topological polar surface area (TPSA) is 41.4 Å². The number of carbonyl (C=O) groups is 1. The number of benzene rings is 1. The molecule has 2 saturated heterocycles. The summed E-state index contributed by atoms with van der Waals surface area (Å²) in [4.78, 5) is 17.9. The number of rotatable bonds is 3. The highest BCUT2D eigenvalue weighted by molar-refractivity contribution is 5.95. The van der Waals surface area contributed by atoms with Gasteiger partial charge in [-0.15, -0.1) is 0 Å². The van der Waals surface area contributed by atoms with Gasteiger partial charge in [-0.05, 0) is 71.2 Å². The molecule has 1 aromatic heterocycles. The maximum atomic E-state index is 13.4. The van der Waals surface area contributed by atoms with Gasteiger partial charge in [-0.25, -0.2) is 4.39 Å². The number of aromatic nitrogens is 2. The van der Waals surface area contributed by atoms with Crippen LogP contribution in [0.2, 0.25) is 0 Å². The molecule has 0 spiro atoms. The first-order chi connectivity index (χ1) is 13.3. The van der Waals surface area contributed by atoms with Crippen molar-refractivity contribution in [2.75, 3.05) is 11.4 Å². The van der Waals surface area contributed by atoms with Gasteiger partial charge in [-0.1, -0.05) is 0 Å². The number of hydrogen-bond donors (Lipinski definition) is 0. The van der Waals surface area contributed by atoms with Gasteiger partial charge in [-0.3, -0.25) is 9.48 Å². The van der Waals surface area contributed by atoms with E-state index in [1.807, 2.05) is 30.7 Å². The van der Waals surface area contributed by atoms with Crippen molar-refractivity contribution in [1.82, 2.24) is 14.7 Å². The molecular weight excluding hydrogens is 355 g/mol. The minimum atomic E-state index is -0.221. The zero-order chi connectivity index (χ0) is 20.1. The third kappa shape index (κ3) is 2.99. The maximum Gasteiger partial charge on any atom is 0.257 e. The third-order valence-electron chi connectivity index (χ3n) is 6.43. The summed E-state index contributed by atoms with van der Waals surface area (Å²) in [6, 6.07) is 7.16. The summed E-state index contributed by atoms with van der Waals surface area (Å²) in [5.41, 5.74) is 2.57. The van der Waals surface area contributed by atoms with Crippen LogP contribution in [-0.4, -0.2) is 44.8 Å². The highest BCUT2D eigenvalue weighted by Gasteiger charge is 2.50. The fourth-order valence-electron chi connectivity index (χ4n) is 5.17. The Morgan fingerprint density at radius 3 is 2.61 bits per heavy atom. The van der Waals surface area contributed by atoms with E-state index in [2.05, 4.69) is 28.7 Å². The molecule has 2 atom stereocenters. The molecule has 2 aliphatic rings. The van der Waals surface area contributed by atoms with Gasteiger partial charge < -0.3 is 9.80 Å². The van der Waals surface area contributed by atoms with Gasteiger partial charge >= 0.3 is 0 Å². The number of likely N-dealkylation sites (tertiary alicyclic amines) is 1. The molecule has 0 radical (unpaired) electrons. The predicted molar refractivity (Wildman–Crippen MR) is 108 cm³/mol. The van der Waals surface area contributed by atoms with Crippen LogP contribution in [0.5, 0.6) is 0 Å². The van der Waals surface area contributed by atoms with Gasteiger partial charge in [0.05, 0.1) is 23.8 Å². The molecule has 0 bridgehead atoms. The molecule has 2 fully saturated rings. The minimum absolute atomic E-state index is 0.0867. The molecule has 2 aromatic rings. The van der Waals surface area contributed by atoms with E-state index in [1.165, 1.54) is 12.1 Å². The Labute approximate surface area is 166 Å². The average Bonchev–Trinajstić information content (AvgIpc) is 3.17. The number of aryl methyl sites for hydroxylation is 1. The Morgan fingerprint density at radius 1 is 1.25 bits per heavy atom. The predicted octanol–water partition coefficient (Wildman–Crippen LogP) is 4.01. The molecule has 1 amide bonds. The second-order valence-corrected chi connectivity index (χ2v) is 8.60. The fraction of sp³-hybridized carbons (Fsp3) is 0.545. The zero-order valence-corrected chi connectivity index (χ0v) is 17.2. The van der Waals surface area contributed by atoms with Gasteiger partial charge in [0.15, 0.2) is 0 Å². The van der Waals surface area contributed by atoms with Crippen molar-refractivity contribution in [1.29, 1.82) is 0 Å². The summed E-state index contributed by atoms with van der Waals surface area (Å²) in [5, 5.41) is 4.36. The Balaban J connectivity index is 1.65. The highest BCUT2D eigenvalue weighted by Crippen LogP contribution is 2.44. The lowest BCUT2D eigenvalue weighted by molar-refractivity contribution is 0.0604. The van der Waals surface area contributed by atoms with Crippen molar-refractivity contribution in [3.8, 4) is 0 Å². The summed E-state index contributed by atoms with van der Waals surface area (Å²) in [7, 11) is 0. The second-order valence-electron chi connectivity index (χ2n) is 8.60. The molecule has 150 valence electrons. The van der Waals surface area contributed by atoms with Gasteiger partial charge in [-0.2, -0.15) is 5.10 Å². The Hall–Kier alpha value is -2.37. The molecule has 3 heterocycles. The summed E-state index contributed by atoms with van der Waals surface area (Å²) in [5.74, 6) is -0.134. The smallest absolute Gasteiger partial charge is 0.257 e. The first kappa shape index (κ1) is 19.0. The lowest BCUT2D eigenvalue weighted by atomic mass is 9.93. The van der Waals surface area contributed by atoms with Crippen molar-refractivity contribution < 1.29 is 9.18 Å². The Bertz CT molecular complexity index is 873. The second kappa shape index (κ2) is 6.90. The van der Waals surface area contributed by atoms with E-state index in [0.717, 1.165) is 43.7 Å². The normalized spacial score (nSPS) is 23.8. The number of anilines is 1. The van der Waals surface area contributed by atoms with Crippen molar-refractivity contribution in [3.63, 3.8) is 0 Å². The van der Waals surface area contributed by atoms with Crippen molar-refractivity contribution >= 4 is 11.6 Å². The summed E-state index contributed by atoms with van der Waals surface area (Å²) in [6.45, 7) is 9.98. The molecule has 0 saturated carbocycles. The number of nitrogens with zero attached hydrogens (tertiary/aromatic N) is 4. The molecule has 28 heavy (non-hydrogen) atoms. The number of amides is 1. The van der Waals surface area contributed by atoms with E-state index in [9.17, 15) is 9.18 Å². The van der Waals surface area contributed by atoms with Crippen molar-refractivity contribution in [3.05, 3.63) is 47.5 Å². The SMILES string of the molecule is CCn1ncc(C(=O)N2CCC[C@H]3[C@@H]2CC(C)(C)N3c2ccc(F)cc2)c1C. The number of piperidine rings is 1. The number of fused-ring (bicyclic) bond motifs is 1. The van der Waals surface area contributed by atoms with E-state index < -0.39 is 0 Å². The molecule has 2 aliphatic heterocycles. The average molecular weight is 384 g/mol. The van der Waals surface area contributed by atoms with E-state index in [0.29, 0.717) is 5.56 Å². The maximum absolute atomic E-state index is 13.4. The van der Waals surface area contributed by atoms with Crippen LogP contribution in [0.1, 0.15) is 56.1 Å². The first-order valence-corrected chi connectivity index (χ1v) is 10.2.